The number of carbonyl (C=O) groups excluding carboxylic acids is 3. The average Bonchev–Trinajstić information content (AvgIpc) is 3.32. The lowest BCUT2D eigenvalue weighted by molar-refractivity contribution is -0.341. The van der Waals surface area contributed by atoms with Gasteiger partial charge in [-0.1, -0.05) is 38.5 Å². The highest BCUT2D eigenvalue weighted by Crippen LogP contribution is 2.37. The number of carboxylic acids is 2. The van der Waals surface area contributed by atoms with E-state index in [0.717, 1.165) is 6.29 Å². The van der Waals surface area contributed by atoms with Crippen LogP contribution in [0.5, 0.6) is 0 Å². The summed E-state index contributed by atoms with van der Waals surface area (Å²) < 4.78 is 54.7. The molecule has 426 valence electrons. The molecule has 21 atom stereocenters. The molecule has 22 heteroatoms. The van der Waals surface area contributed by atoms with Gasteiger partial charge in [0.15, 0.2) is 24.7 Å². The quantitative estimate of drug-likeness (QED) is 0.0589. The van der Waals surface area contributed by atoms with Crippen LogP contribution < -0.4 is 0 Å². The van der Waals surface area contributed by atoms with Crippen LogP contribution >= 0.6 is 0 Å². The van der Waals surface area contributed by atoms with Gasteiger partial charge in [0.25, 0.3) is 0 Å². The number of aliphatic hydroxyl groups excluding tert-OH is 4. The number of esters is 1. The van der Waals surface area contributed by atoms with E-state index in [4.69, 9.17) is 52.8 Å². The first-order chi connectivity index (χ1) is 34.7. The molecule has 4 heterocycles. The Morgan fingerprint density at radius 2 is 1.43 bits per heavy atom. The molecule has 0 spiro atoms. The topological polar surface area (TPSA) is 313 Å². The first kappa shape index (κ1) is 65.0. The van der Waals surface area contributed by atoms with Crippen LogP contribution in [0.3, 0.4) is 0 Å². The Balaban J connectivity index is 0.00000130. The molecule has 0 radical (unpaired) electrons. The third-order valence-corrected chi connectivity index (χ3v) is 14.4. The summed E-state index contributed by atoms with van der Waals surface area (Å²) in [7, 11) is 6.43. The summed E-state index contributed by atoms with van der Waals surface area (Å²) in [5, 5.41) is 72.0. The fourth-order valence-corrected chi connectivity index (χ4v) is 10.1. The Hall–Kier alpha value is -3.33. The van der Waals surface area contributed by atoms with Crippen LogP contribution in [0.2, 0.25) is 0 Å². The van der Waals surface area contributed by atoms with Gasteiger partial charge in [-0.25, -0.2) is 0 Å². The lowest BCUT2D eigenvalue weighted by Gasteiger charge is -2.50. The Kier molecular flexibility index (Phi) is 26.8. The summed E-state index contributed by atoms with van der Waals surface area (Å²) in [5.41, 5.74) is -0.806. The zero-order valence-electron chi connectivity index (χ0n) is 45.2. The van der Waals surface area contributed by atoms with E-state index >= 15 is 0 Å². The second-order valence-corrected chi connectivity index (χ2v) is 20.7. The number of unbranched alkanes of at least 4 members (excludes halogenated alkanes) is 1. The SMILES string of the molecule is CC[C@H]1OC(=O)C[C@@H](O)[C@H](C)[C@@H](O[C@H]2O[C@H](C)[C@@H](O[C@H]3C[C@@](C)(O)[C@@H](O)[C@H](C)O3)[C@H](N(C)C)[C@H]2O)[C@@H](CC=O)C[C@@H](C)C(=O)/C=C/C(C)=C/C1CO[C@@H]1O[C@H](C)[C@@H](O)[C@@H](OC)[C@H]1OC.O=C(O)CCCCC(=O)O. The van der Waals surface area contributed by atoms with Gasteiger partial charge in [0.1, 0.15) is 49.0 Å². The van der Waals surface area contributed by atoms with Gasteiger partial charge in [-0.2, -0.15) is 0 Å². The Labute approximate surface area is 435 Å². The van der Waals surface area contributed by atoms with Crippen LogP contribution in [0.15, 0.2) is 23.8 Å². The van der Waals surface area contributed by atoms with Gasteiger partial charge in [-0.05, 0) is 86.4 Å². The number of carbonyl (C=O) groups is 5. The number of hydrogen-bond donors (Lipinski definition) is 7. The summed E-state index contributed by atoms with van der Waals surface area (Å²) in [6, 6.07) is -0.748. The number of likely N-dealkylation sites (N-methyl/N-ethyl adjacent to an activating group) is 1. The number of carboxylic acid groups (broad SMARTS) is 2. The molecule has 3 fully saturated rings. The van der Waals surface area contributed by atoms with Crippen molar-refractivity contribution in [1.82, 2.24) is 4.90 Å². The summed E-state index contributed by atoms with van der Waals surface area (Å²) >= 11 is 0. The van der Waals surface area contributed by atoms with Gasteiger partial charge in [-0.3, -0.25) is 19.2 Å². The standard InChI is InChI=1S/C46H77NO17.C6H10O4/c1-13-33-30(22-58-45-42(57-12)41(56-11)37(52)26(5)60-45)18-23(2)14-15-31(49)24(3)19-29(16-17-48)39(25(4)32(50)20-34(51)62-33)64-44-38(53)36(47(9)10)40(27(6)61-44)63-35-21-46(8,55)43(54)28(7)59-35;7-5(8)3-1-2-4-6(9)10/h14-15,17-18,24-30,32-33,35-45,50,52-55H,13,16,19-22H2,1-12H3;1-4H2,(H,7,8)(H,9,10)/b15-14+,23-18+;/t24-,25+,26-,27-,28+,29+,30?,32-,33-,35+,36-,37-,38-,39-,40-,41-,42-,43+,44-,45-,46-;/m1./s1. The maximum Gasteiger partial charge on any atom is 0.308 e. The number of cyclic esters (lactones) is 1. The number of hydrogen-bond acceptors (Lipinski definition) is 20. The van der Waals surface area contributed by atoms with E-state index in [1.54, 1.807) is 59.7 Å². The van der Waals surface area contributed by atoms with Gasteiger partial charge in [0.05, 0.1) is 55.2 Å². The molecule has 3 saturated heterocycles. The molecule has 0 aliphatic carbocycles. The van der Waals surface area contributed by atoms with E-state index in [2.05, 4.69) is 0 Å². The van der Waals surface area contributed by atoms with E-state index < -0.39 is 152 Å². The third-order valence-electron chi connectivity index (χ3n) is 14.4. The predicted molar refractivity (Wildman–Crippen MR) is 264 cm³/mol. The van der Waals surface area contributed by atoms with Crippen molar-refractivity contribution < 1.29 is 102 Å². The van der Waals surface area contributed by atoms with Crippen LogP contribution in [0.4, 0.5) is 0 Å². The van der Waals surface area contributed by atoms with E-state index in [9.17, 15) is 49.5 Å². The van der Waals surface area contributed by atoms with Gasteiger partial charge >= 0.3 is 17.9 Å². The largest absolute Gasteiger partial charge is 0.481 e. The number of aliphatic carboxylic acids is 2. The molecule has 0 aromatic carbocycles. The third kappa shape index (κ3) is 18.7. The minimum Gasteiger partial charge on any atom is -0.481 e. The van der Waals surface area contributed by atoms with Crippen molar-refractivity contribution >= 4 is 30.0 Å². The van der Waals surface area contributed by atoms with Gasteiger partial charge in [0, 0.05) is 57.7 Å². The average molecular weight is 1060 g/mol. The van der Waals surface area contributed by atoms with Gasteiger partial charge in [-0.15, -0.1) is 0 Å². The van der Waals surface area contributed by atoms with E-state index in [1.807, 2.05) is 19.9 Å². The molecular formula is C52H87NO21. The molecule has 0 aromatic rings. The van der Waals surface area contributed by atoms with Crippen LogP contribution in [0.1, 0.15) is 113 Å². The monoisotopic (exact) mass is 1060 g/mol. The molecule has 4 rings (SSSR count). The molecule has 7 N–H and O–H groups in total. The molecule has 74 heavy (non-hydrogen) atoms. The van der Waals surface area contributed by atoms with Crippen molar-refractivity contribution in [3.8, 4) is 0 Å². The first-order valence-corrected chi connectivity index (χ1v) is 25.7. The summed E-state index contributed by atoms with van der Waals surface area (Å²) in [5.74, 6) is -5.33. The molecule has 1 unspecified atom stereocenters. The highest BCUT2D eigenvalue weighted by Gasteiger charge is 2.52. The number of ketones is 1. The second-order valence-electron chi connectivity index (χ2n) is 20.7. The van der Waals surface area contributed by atoms with Crippen molar-refractivity contribution in [2.45, 2.75) is 217 Å². The number of ether oxygens (including phenoxy) is 9. The first-order valence-electron chi connectivity index (χ1n) is 25.7. The number of aliphatic hydroxyl groups is 5. The van der Waals surface area contributed by atoms with Crippen LogP contribution in [-0.2, 0) is 66.6 Å². The summed E-state index contributed by atoms with van der Waals surface area (Å²) in [6.45, 7) is 13.6. The number of methoxy groups -OCH3 is 2. The molecule has 0 amide bonds. The van der Waals surface area contributed by atoms with Crippen molar-refractivity contribution in [3.05, 3.63) is 23.8 Å². The van der Waals surface area contributed by atoms with Crippen molar-refractivity contribution in [3.63, 3.8) is 0 Å². The zero-order valence-corrected chi connectivity index (χ0v) is 45.2. The number of allylic oxidation sites excluding steroid dienone is 3. The number of rotatable bonds is 18. The van der Waals surface area contributed by atoms with Crippen LogP contribution in [-0.4, -0.2) is 209 Å². The molecule has 4 aliphatic rings. The van der Waals surface area contributed by atoms with Gasteiger partial charge in [0.2, 0.25) is 0 Å². The number of nitrogens with zero attached hydrogens (tertiary/aromatic N) is 1. The van der Waals surface area contributed by atoms with E-state index in [1.165, 1.54) is 27.2 Å². The Morgan fingerprint density at radius 3 is 1.97 bits per heavy atom. The van der Waals surface area contributed by atoms with Crippen LogP contribution in [0, 0.1) is 23.7 Å². The molecule has 0 aromatic heterocycles. The Morgan fingerprint density at radius 1 is 0.824 bits per heavy atom. The molecule has 0 bridgehead atoms. The zero-order chi connectivity index (χ0) is 55.8. The highest BCUT2D eigenvalue weighted by atomic mass is 16.7. The Bertz CT molecular complexity index is 1810. The smallest absolute Gasteiger partial charge is 0.308 e. The van der Waals surface area contributed by atoms with Crippen LogP contribution in [0.25, 0.3) is 0 Å². The molecule has 4 aliphatic heterocycles. The molecule has 0 saturated carbocycles. The van der Waals surface area contributed by atoms with E-state index in [-0.39, 0.29) is 44.5 Å². The molecule has 22 nitrogen and oxygen atoms in total. The van der Waals surface area contributed by atoms with Crippen molar-refractivity contribution in [2.75, 3.05) is 34.9 Å². The minimum absolute atomic E-state index is 0.00788. The van der Waals surface area contributed by atoms with Crippen molar-refractivity contribution in [1.29, 1.82) is 0 Å². The number of aldehydes is 1. The fraction of sp³-hybridized carbons (Fsp3) is 0.827. The second kappa shape index (κ2) is 30.6. The van der Waals surface area contributed by atoms with Crippen molar-refractivity contribution in [2.24, 2.45) is 23.7 Å². The maximum absolute atomic E-state index is 13.8. The maximum atomic E-state index is 13.8. The highest BCUT2D eigenvalue weighted by molar-refractivity contribution is 5.91. The van der Waals surface area contributed by atoms with E-state index in [0.29, 0.717) is 24.8 Å². The predicted octanol–water partition coefficient (Wildman–Crippen LogP) is 2.55. The normalized spacial score (nSPS) is 41.0. The van der Waals surface area contributed by atoms with Gasteiger partial charge < -0.3 is 88.1 Å². The lowest BCUT2D eigenvalue weighted by atomic mass is 9.79. The molecular weight excluding hydrogens is 975 g/mol. The fourth-order valence-electron chi connectivity index (χ4n) is 10.1. The lowest BCUT2D eigenvalue weighted by Crippen LogP contribution is -2.65. The summed E-state index contributed by atoms with van der Waals surface area (Å²) in [6.07, 6.45) is -7.47. The minimum atomic E-state index is -1.49. The summed E-state index contributed by atoms with van der Waals surface area (Å²) in [4.78, 5) is 61.3.